The van der Waals surface area contributed by atoms with E-state index < -0.39 is 0 Å². The van der Waals surface area contributed by atoms with Crippen LogP contribution in [0.4, 0.5) is 0 Å². The average molecular weight is 166 g/mol. The fourth-order valence-corrected chi connectivity index (χ4v) is 0.474. The van der Waals surface area contributed by atoms with E-state index in [2.05, 4.69) is 4.74 Å². The van der Waals surface area contributed by atoms with Crippen molar-refractivity contribution < 1.29 is 9.53 Å². The van der Waals surface area contributed by atoms with Crippen molar-refractivity contribution in [2.24, 2.45) is 5.92 Å². The number of ether oxygens (including phenoxy) is 1. The summed E-state index contributed by atoms with van der Waals surface area (Å²) < 4.78 is 4.42. The number of hydrogen-bond donors (Lipinski definition) is 1. The molecule has 10 heavy (non-hydrogen) atoms. The van der Waals surface area contributed by atoms with Crippen LogP contribution in [0.2, 0.25) is 0 Å². The molecule has 0 aromatic rings. The number of rotatable bonds is 3. The van der Waals surface area contributed by atoms with Crippen molar-refractivity contribution >= 4 is 24.6 Å². The molecule has 0 fully saturated rings. The van der Waals surface area contributed by atoms with Gasteiger partial charge in [-0.25, -0.2) is 0 Å². The predicted octanol–water partition coefficient (Wildman–Crippen LogP) is 1.26. The molecule has 3 nitrogen and oxygen atoms in total. The molecule has 0 aromatic carbocycles. The van der Waals surface area contributed by atoms with Crippen LogP contribution in [-0.2, 0) is 9.53 Å². The van der Waals surface area contributed by atoms with Gasteiger partial charge in [-0.3, -0.25) is 4.79 Å². The van der Waals surface area contributed by atoms with Crippen LogP contribution in [0.25, 0.3) is 0 Å². The van der Waals surface area contributed by atoms with Crippen LogP contribution in [0, 0.1) is 11.3 Å². The minimum atomic E-state index is -0.251. The minimum Gasteiger partial charge on any atom is -0.469 e. The highest BCUT2D eigenvalue weighted by atomic mass is 35.5. The number of nitrogens with one attached hydrogen (secondary N) is 1. The van der Waals surface area contributed by atoms with Gasteiger partial charge >= 0.3 is 5.97 Å². The lowest BCUT2D eigenvalue weighted by Gasteiger charge is -2.03. The largest absolute Gasteiger partial charge is 0.469 e. The van der Waals surface area contributed by atoms with Gasteiger partial charge in [0, 0.05) is 0 Å². The second kappa shape index (κ2) is 6.55. The third-order valence-electron chi connectivity index (χ3n) is 1.07. The Morgan fingerprint density at radius 2 is 2.30 bits per heavy atom. The zero-order chi connectivity index (χ0) is 7.28. The van der Waals surface area contributed by atoms with E-state index in [4.69, 9.17) is 5.41 Å². The van der Waals surface area contributed by atoms with Gasteiger partial charge < -0.3 is 10.1 Å². The van der Waals surface area contributed by atoms with E-state index in [0.717, 1.165) is 0 Å². The monoisotopic (exact) mass is 165 g/mol. The molecule has 0 aliphatic heterocycles. The first-order valence-electron chi connectivity index (χ1n) is 2.79. The number of hydrogen-bond acceptors (Lipinski definition) is 3. The number of methoxy groups -OCH3 is 1. The molecular formula is C6H12ClNO2. The lowest BCUT2D eigenvalue weighted by atomic mass is 10.1. The van der Waals surface area contributed by atoms with Crippen molar-refractivity contribution in [1.29, 1.82) is 5.41 Å². The predicted molar refractivity (Wildman–Crippen MR) is 41.8 cm³/mol. The summed E-state index contributed by atoms with van der Waals surface area (Å²) in [6, 6.07) is 0. The maximum Gasteiger partial charge on any atom is 0.308 e. The molecule has 1 atom stereocenters. The summed E-state index contributed by atoms with van der Waals surface area (Å²) in [4.78, 5) is 10.6. The van der Waals surface area contributed by atoms with E-state index >= 15 is 0 Å². The number of halogens is 1. The fraction of sp³-hybridized carbons (Fsp3) is 0.667. The summed E-state index contributed by atoms with van der Waals surface area (Å²) in [6.45, 7) is 1.73. The molecule has 0 bridgehead atoms. The average Bonchev–Trinajstić information content (AvgIpc) is 1.87. The zero-order valence-electron chi connectivity index (χ0n) is 6.09. The van der Waals surface area contributed by atoms with Crippen molar-refractivity contribution in [3.05, 3.63) is 0 Å². The van der Waals surface area contributed by atoms with E-state index in [9.17, 15) is 4.79 Å². The third-order valence-corrected chi connectivity index (χ3v) is 1.07. The highest BCUT2D eigenvalue weighted by molar-refractivity contribution is 5.85. The molecule has 0 aliphatic carbocycles. The third kappa shape index (κ3) is 4.32. The Kier molecular flexibility index (Phi) is 7.95. The first-order valence-corrected chi connectivity index (χ1v) is 2.79. The smallest absolute Gasteiger partial charge is 0.308 e. The van der Waals surface area contributed by atoms with Crippen LogP contribution in [0.15, 0.2) is 0 Å². The van der Waals surface area contributed by atoms with Crippen LogP contribution >= 0.6 is 12.4 Å². The Hall–Kier alpha value is -0.570. The molecule has 0 unspecified atom stereocenters. The molecule has 0 spiro atoms. The van der Waals surface area contributed by atoms with Crippen LogP contribution in [0.1, 0.15) is 13.3 Å². The minimum absolute atomic E-state index is 0. The molecule has 0 saturated carbocycles. The summed E-state index contributed by atoms with van der Waals surface area (Å²) in [5.74, 6) is -0.425. The van der Waals surface area contributed by atoms with Gasteiger partial charge in [0.25, 0.3) is 0 Å². The van der Waals surface area contributed by atoms with Crippen LogP contribution in [0.5, 0.6) is 0 Å². The Labute approximate surface area is 66.7 Å². The number of carbonyl (C=O) groups is 1. The molecule has 1 N–H and O–H groups in total. The standard InChI is InChI=1S/C6H11NO2.ClH/c1-5(3-4-7)6(8)9-2;/h4-5,7H,3H2,1-2H3;1H/t5-;/m0./s1. The molecular weight excluding hydrogens is 154 g/mol. The number of esters is 1. The normalized spacial score (nSPS) is 11.0. The number of carbonyl (C=O) groups excluding carboxylic acids is 1. The van der Waals surface area contributed by atoms with Gasteiger partial charge in [-0.2, -0.15) is 0 Å². The van der Waals surface area contributed by atoms with E-state index in [1.165, 1.54) is 13.3 Å². The molecule has 0 heterocycles. The van der Waals surface area contributed by atoms with Crippen LogP contribution in [-0.4, -0.2) is 19.3 Å². The zero-order valence-corrected chi connectivity index (χ0v) is 6.90. The van der Waals surface area contributed by atoms with Crippen molar-refractivity contribution in [2.75, 3.05) is 7.11 Å². The first-order chi connectivity index (χ1) is 4.22. The summed E-state index contributed by atoms with van der Waals surface area (Å²) >= 11 is 0. The van der Waals surface area contributed by atoms with E-state index in [1.54, 1.807) is 6.92 Å². The second-order valence-corrected chi connectivity index (χ2v) is 1.86. The van der Waals surface area contributed by atoms with Crippen molar-refractivity contribution in [3.63, 3.8) is 0 Å². The molecule has 0 aliphatic rings. The van der Waals surface area contributed by atoms with Crippen LogP contribution < -0.4 is 0 Å². The SMILES string of the molecule is COC(=O)[C@@H](C)CC=N.Cl. The molecule has 0 rings (SSSR count). The summed E-state index contributed by atoms with van der Waals surface area (Å²) in [6.07, 6.45) is 1.67. The van der Waals surface area contributed by atoms with E-state index in [-0.39, 0.29) is 24.3 Å². The van der Waals surface area contributed by atoms with Gasteiger partial charge in [-0.15, -0.1) is 12.4 Å². The summed E-state index contributed by atoms with van der Waals surface area (Å²) in [5.41, 5.74) is 0. The summed E-state index contributed by atoms with van der Waals surface area (Å²) in [5, 5.41) is 6.67. The highest BCUT2D eigenvalue weighted by Gasteiger charge is 2.09. The van der Waals surface area contributed by atoms with Gasteiger partial charge in [0.1, 0.15) is 0 Å². The van der Waals surface area contributed by atoms with E-state index in [1.807, 2.05) is 0 Å². The van der Waals surface area contributed by atoms with Crippen LogP contribution in [0.3, 0.4) is 0 Å². The molecule has 4 heteroatoms. The maximum atomic E-state index is 10.6. The molecule has 0 aromatic heterocycles. The second-order valence-electron chi connectivity index (χ2n) is 1.86. The first kappa shape index (κ1) is 12.1. The lowest BCUT2D eigenvalue weighted by molar-refractivity contribution is -0.144. The van der Waals surface area contributed by atoms with Gasteiger partial charge in [0.2, 0.25) is 0 Å². The Balaban J connectivity index is 0. The van der Waals surface area contributed by atoms with Gasteiger partial charge in [0.15, 0.2) is 0 Å². The van der Waals surface area contributed by atoms with Crippen molar-refractivity contribution in [1.82, 2.24) is 0 Å². The topological polar surface area (TPSA) is 50.2 Å². The molecule has 60 valence electrons. The van der Waals surface area contributed by atoms with Gasteiger partial charge in [-0.1, -0.05) is 6.92 Å². The molecule has 0 saturated heterocycles. The molecule has 0 radical (unpaired) electrons. The van der Waals surface area contributed by atoms with E-state index in [0.29, 0.717) is 6.42 Å². The Bertz CT molecular complexity index is 116. The maximum absolute atomic E-state index is 10.6. The highest BCUT2D eigenvalue weighted by Crippen LogP contribution is 1.99. The Morgan fingerprint density at radius 3 is 2.60 bits per heavy atom. The van der Waals surface area contributed by atoms with Crippen molar-refractivity contribution in [2.45, 2.75) is 13.3 Å². The lowest BCUT2D eigenvalue weighted by Crippen LogP contribution is -2.12. The summed E-state index contributed by atoms with van der Waals surface area (Å²) in [7, 11) is 1.35. The van der Waals surface area contributed by atoms with Gasteiger partial charge in [-0.05, 0) is 12.6 Å². The fourth-order valence-electron chi connectivity index (χ4n) is 0.474. The quantitative estimate of drug-likeness (QED) is 0.506. The Morgan fingerprint density at radius 1 is 1.80 bits per heavy atom. The van der Waals surface area contributed by atoms with Crippen molar-refractivity contribution in [3.8, 4) is 0 Å². The van der Waals surface area contributed by atoms with Gasteiger partial charge in [0.05, 0.1) is 13.0 Å². The molecule has 0 amide bonds.